The SMILES string of the molecule is Cn1cc(C(N)=O)c(=O)n1-c1ccc(F)cc1. The van der Waals surface area contributed by atoms with Gasteiger partial charge in [-0.15, -0.1) is 0 Å². The molecule has 5 nitrogen and oxygen atoms in total. The maximum absolute atomic E-state index is 12.8. The number of aromatic nitrogens is 2. The van der Waals surface area contributed by atoms with Crippen molar-refractivity contribution in [2.45, 2.75) is 0 Å². The third-order valence-electron chi connectivity index (χ3n) is 2.39. The van der Waals surface area contributed by atoms with Crippen LogP contribution in [0.5, 0.6) is 0 Å². The molecule has 2 N–H and O–H groups in total. The van der Waals surface area contributed by atoms with Gasteiger partial charge in [0.25, 0.3) is 11.5 Å². The van der Waals surface area contributed by atoms with E-state index in [0.29, 0.717) is 5.69 Å². The van der Waals surface area contributed by atoms with Crippen LogP contribution >= 0.6 is 0 Å². The molecule has 0 aliphatic carbocycles. The molecule has 1 aromatic heterocycles. The summed E-state index contributed by atoms with van der Waals surface area (Å²) >= 11 is 0. The van der Waals surface area contributed by atoms with Gasteiger partial charge in [-0.25, -0.2) is 9.07 Å². The molecule has 0 bridgehead atoms. The van der Waals surface area contributed by atoms with E-state index < -0.39 is 17.3 Å². The van der Waals surface area contributed by atoms with E-state index in [1.54, 1.807) is 7.05 Å². The van der Waals surface area contributed by atoms with Crippen molar-refractivity contribution in [3.63, 3.8) is 0 Å². The van der Waals surface area contributed by atoms with Crippen LogP contribution in [0, 0.1) is 5.82 Å². The van der Waals surface area contributed by atoms with Crippen LogP contribution in [0.15, 0.2) is 35.3 Å². The minimum absolute atomic E-state index is 0.100. The first-order chi connectivity index (χ1) is 8.00. The number of carbonyl (C=O) groups excluding carboxylic acids is 1. The molecule has 6 heteroatoms. The van der Waals surface area contributed by atoms with Gasteiger partial charge in [-0.3, -0.25) is 14.3 Å². The van der Waals surface area contributed by atoms with Crippen molar-refractivity contribution in [2.75, 3.05) is 0 Å². The standard InChI is InChI=1S/C11H10FN3O2/c1-14-6-9(10(13)16)11(17)15(14)8-4-2-7(12)3-5-8/h2-6H,1H3,(H2,13,16). The van der Waals surface area contributed by atoms with Crippen molar-refractivity contribution in [2.24, 2.45) is 12.8 Å². The van der Waals surface area contributed by atoms with Crippen LogP contribution < -0.4 is 11.3 Å². The molecule has 0 spiro atoms. The first-order valence-electron chi connectivity index (χ1n) is 4.85. The summed E-state index contributed by atoms with van der Waals surface area (Å²) in [6, 6.07) is 5.36. The van der Waals surface area contributed by atoms with E-state index in [1.807, 2.05) is 0 Å². The molecule has 1 amide bonds. The van der Waals surface area contributed by atoms with Crippen LogP contribution in [0.1, 0.15) is 10.4 Å². The van der Waals surface area contributed by atoms with Crippen molar-refractivity contribution >= 4 is 5.91 Å². The molecule has 0 aliphatic rings. The van der Waals surface area contributed by atoms with Gasteiger partial charge in [0.15, 0.2) is 0 Å². The number of halogens is 1. The van der Waals surface area contributed by atoms with Gasteiger partial charge in [-0.05, 0) is 24.3 Å². The highest BCUT2D eigenvalue weighted by Gasteiger charge is 2.14. The van der Waals surface area contributed by atoms with Crippen LogP contribution in [0.2, 0.25) is 0 Å². The zero-order valence-electron chi connectivity index (χ0n) is 9.05. The fourth-order valence-corrected chi connectivity index (χ4v) is 1.61. The Bertz CT molecular complexity index is 625. The van der Waals surface area contributed by atoms with Crippen LogP contribution in [0.4, 0.5) is 4.39 Å². The maximum Gasteiger partial charge on any atom is 0.284 e. The quantitative estimate of drug-likeness (QED) is 0.819. The van der Waals surface area contributed by atoms with E-state index in [4.69, 9.17) is 5.73 Å². The number of hydrogen-bond donors (Lipinski definition) is 1. The summed E-state index contributed by atoms with van der Waals surface area (Å²) in [7, 11) is 1.59. The number of benzene rings is 1. The molecule has 88 valence electrons. The fraction of sp³-hybridized carbons (Fsp3) is 0.0909. The Balaban J connectivity index is 2.64. The Labute approximate surface area is 95.9 Å². The average Bonchev–Trinajstić information content (AvgIpc) is 2.56. The number of amides is 1. The summed E-state index contributed by atoms with van der Waals surface area (Å²) in [6.07, 6.45) is 1.34. The third-order valence-corrected chi connectivity index (χ3v) is 2.39. The first kappa shape index (κ1) is 11.1. The summed E-state index contributed by atoms with van der Waals surface area (Å²) in [6.45, 7) is 0. The largest absolute Gasteiger partial charge is 0.365 e. The average molecular weight is 235 g/mol. The van der Waals surface area contributed by atoms with Gasteiger partial charge >= 0.3 is 0 Å². The lowest BCUT2D eigenvalue weighted by molar-refractivity contribution is 0.0999. The van der Waals surface area contributed by atoms with Crippen molar-refractivity contribution in [3.8, 4) is 5.69 Å². The number of rotatable bonds is 2. The van der Waals surface area contributed by atoms with E-state index in [2.05, 4.69) is 0 Å². The molecular weight excluding hydrogens is 225 g/mol. The summed E-state index contributed by atoms with van der Waals surface area (Å²) in [5, 5.41) is 0. The zero-order valence-corrected chi connectivity index (χ0v) is 9.05. The molecule has 0 radical (unpaired) electrons. The van der Waals surface area contributed by atoms with Crippen molar-refractivity contribution < 1.29 is 9.18 Å². The molecule has 2 rings (SSSR count). The van der Waals surface area contributed by atoms with E-state index in [1.165, 1.54) is 39.8 Å². The predicted molar refractivity (Wildman–Crippen MR) is 59.5 cm³/mol. The molecule has 1 aromatic carbocycles. The lowest BCUT2D eigenvalue weighted by Gasteiger charge is -2.05. The van der Waals surface area contributed by atoms with Crippen LogP contribution in [0.25, 0.3) is 5.69 Å². The zero-order chi connectivity index (χ0) is 12.6. The Hall–Kier alpha value is -2.37. The van der Waals surface area contributed by atoms with E-state index in [0.717, 1.165) is 0 Å². The second kappa shape index (κ2) is 3.89. The van der Waals surface area contributed by atoms with Crippen molar-refractivity contribution in [1.29, 1.82) is 0 Å². The molecule has 17 heavy (non-hydrogen) atoms. The van der Waals surface area contributed by atoms with Crippen LogP contribution in [0.3, 0.4) is 0 Å². The Morgan fingerprint density at radius 3 is 2.35 bits per heavy atom. The van der Waals surface area contributed by atoms with Crippen LogP contribution in [-0.4, -0.2) is 15.3 Å². The molecule has 2 aromatic rings. The van der Waals surface area contributed by atoms with Gasteiger partial charge in [0.2, 0.25) is 0 Å². The Morgan fingerprint density at radius 2 is 1.88 bits per heavy atom. The highest BCUT2D eigenvalue weighted by Crippen LogP contribution is 2.07. The lowest BCUT2D eigenvalue weighted by Crippen LogP contribution is -2.25. The number of hydrogen-bond acceptors (Lipinski definition) is 2. The number of nitrogens with two attached hydrogens (primary N) is 1. The first-order valence-corrected chi connectivity index (χ1v) is 4.85. The fourth-order valence-electron chi connectivity index (χ4n) is 1.61. The third kappa shape index (κ3) is 1.84. The second-order valence-electron chi connectivity index (χ2n) is 3.57. The molecule has 0 unspecified atom stereocenters. The monoisotopic (exact) mass is 235 g/mol. The minimum Gasteiger partial charge on any atom is -0.365 e. The highest BCUT2D eigenvalue weighted by atomic mass is 19.1. The van der Waals surface area contributed by atoms with Gasteiger partial charge in [-0.2, -0.15) is 0 Å². The summed E-state index contributed by atoms with van der Waals surface area (Å²) < 4.78 is 15.4. The lowest BCUT2D eigenvalue weighted by atomic mass is 10.3. The van der Waals surface area contributed by atoms with E-state index in [9.17, 15) is 14.0 Å². The molecule has 0 fully saturated rings. The summed E-state index contributed by atoms with van der Waals surface area (Å²) in [5.74, 6) is -1.18. The summed E-state index contributed by atoms with van der Waals surface area (Å²) in [4.78, 5) is 22.9. The highest BCUT2D eigenvalue weighted by molar-refractivity contribution is 5.92. The van der Waals surface area contributed by atoms with Gasteiger partial charge in [0.05, 0.1) is 5.69 Å². The topological polar surface area (TPSA) is 70.0 Å². The second-order valence-corrected chi connectivity index (χ2v) is 3.57. The predicted octanol–water partition coefficient (Wildman–Crippen LogP) is 0.414. The van der Waals surface area contributed by atoms with Crippen molar-refractivity contribution in [1.82, 2.24) is 9.36 Å². The molecule has 0 atom stereocenters. The Kier molecular flexibility index (Phi) is 2.55. The number of aryl methyl sites for hydroxylation is 1. The minimum atomic E-state index is -0.786. The molecule has 0 saturated heterocycles. The van der Waals surface area contributed by atoms with E-state index in [-0.39, 0.29) is 5.56 Å². The Morgan fingerprint density at radius 1 is 1.29 bits per heavy atom. The molecule has 0 saturated carbocycles. The number of nitrogens with zero attached hydrogens (tertiary/aromatic N) is 2. The molecule has 1 heterocycles. The summed E-state index contributed by atoms with van der Waals surface area (Å²) in [5.41, 5.74) is 4.92. The number of carbonyl (C=O) groups is 1. The normalized spacial score (nSPS) is 10.5. The van der Waals surface area contributed by atoms with Crippen molar-refractivity contribution in [3.05, 3.63) is 52.2 Å². The van der Waals surface area contributed by atoms with Gasteiger partial charge in [-0.1, -0.05) is 0 Å². The number of primary amides is 1. The van der Waals surface area contributed by atoms with Gasteiger partial charge in [0.1, 0.15) is 11.4 Å². The van der Waals surface area contributed by atoms with Gasteiger partial charge < -0.3 is 5.73 Å². The smallest absolute Gasteiger partial charge is 0.284 e. The molecule has 0 aliphatic heterocycles. The molecular formula is C11H10FN3O2. The maximum atomic E-state index is 12.8. The van der Waals surface area contributed by atoms with Crippen LogP contribution in [-0.2, 0) is 7.05 Å². The van der Waals surface area contributed by atoms with Gasteiger partial charge in [0, 0.05) is 13.2 Å². The van der Waals surface area contributed by atoms with E-state index >= 15 is 0 Å².